The van der Waals surface area contributed by atoms with Gasteiger partial charge in [0.1, 0.15) is 6.21 Å². The minimum absolute atomic E-state index is 0.145. The zero-order chi connectivity index (χ0) is 15.2. The quantitative estimate of drug-likeness (QED) is 0.523. The third-order valence-electron chi connectivity index (χ3n) is 2.07. The molecule has 0 atom stereocenters. The molecule has 0 bridgehead atoms. The first-order valence-electron chi connectivity index (χ1n) is 5.52. The van der Waals surface area contributed by atoms with Crippen LogP contribution in [0.25, 0.3) is 0 Å². The van der Waals surface area contributed by atoms with Crippen molar-refractivity contribution in [1.82, 2.24) is 5.43 Å². The van der Waals surface area contributed by atoms with Crippen LogP contribution in [0.15, 0.2) is 29.4 Å². The van der Waals surface area contributed by atoms with Crippen LogP contribution in [0.2, 0.25) is 0 Å². The van der Waals surface area contributed by atoms with Gasteiger partial charge >= 0.3 is 12.1 Å². The van der Waals surface area contributed by atoms with Crippen molar-refractivity contribution in [2.24, 2.45) is 5.10 Å². The number of rotatable bonds is 4. The number of nitrogens with one attached hydrogen (secondary N) is 1. The Morgan fingerprint density at radius 1 is 1.40 bits per heavy atom. The van der Waals surface area contributed by atoms with Crippen molar-refractivity contribution in [3.8, 4) is 0 Å². The summed E-state index contributed by atoms with van der Waals surface area (Å²) in [4.78, 5) is 22.4. The molecule has 0 radical (unpaired) electrons. The van der Waals surface area contributed by atoms with E-state index in [0.717, 1.165) is 18.3 Å². The Labute approximate surface area is 112 Å². The molecule has 1 aromatic carbocycles. The predicted octanol–water partition coefficient (Wildman–Crippen LogP) is 1.98. The molecule has 0 aromatic heterocycles. The summed E-state index contributed by atoms with van der Waals surface area (Å²) in [6.07, 6.45) is -3.82. The average molecular weight is 288 g/mol. The third-order valence-corrected chi connectivity index (χ3v) is 2.07. The van der Waals surface area contributed by atoms with Crippen LogP contribution >= 0.6 is 0 Å². The largest absolute Gasteiger partial charge is 0.462 e. The molecule has 108 valence electrons. The average Bonchev–Trinajstić information content (AvgIpc) is 2.38. The van der Waals surface area contributed by atoms with Gasteiger partial charge in [-0.3, -0.25) is 4.79 Å². The van der Waals surface area contributed by atoms with Crippen LogP contribution in [0, 0.1) is 0 Å². The Hall–Kier alpha value is -2.38. The smallest absolute Gasteiger partial charge is 0.416 e. The fourth-order valence-corrected chi connectivity index (χ4v) is 1.22. The van der Waals surface area contributed by atoms with Gasteiger partial charge in [-0.15, -0.1) is 0 Å². The molecule has 1 amide bonds. The van der Waals surface area contributed by atoms with E-state index in [1.807, 2.05) is 5.43 Å². The van der Waals surface area contributed by atoms with Gasteiger partial charge in [0, 0.05) is 5.56 Å². The van der Waals surface area contributed by atoms with Gasteiger partial charge < -0.3 is 4.74 Å². The second-order valence-electron chi connectivity index (χ2n) is 3.53. The Morgan fingerprint density at radius 2 is 2.10 bits per heavy atom. The second-order valence-corrected chi connectivity index (χ2v) is 3.53. The summed E-state index contributed by atoms with van der Waals surface area (Å²) in [5, 5.41) is 3.28. The SMILES string of the molecule is CCOC(=O)/C=N/NC(=O)c1cccc(C(F)(F)F)c1. The molecule has 0 unspecified atom stereocenters. The lowest BCUT2D eigenvalue weighted by atomic mass is 10.1. The van der Waals surface area contributed by atoms with Crippen LogP contribution in [-0.4, -0.2) is 24.7 Å². The van der Waals surface area contributed by atoms with E-state index >= 15 is 0 Å². The first-order valence-corrected chi connectivity index (χ1v) is 5.52. The summed E-state index contributed by atoms with van der Waals surface area (Å²) >= 11 is 0. The van der Waals surface area contributed by atoms with Gasteiger partial charge in [0.05, 0.1) is 12.2 Å². The van der Waals surface area contributed by atoms with Crippen LogP contribution in [-0.2, 0) is 15.7 Å². The number of alkyl halides is 3. The fourth-order valence-electron chi connectivity index (χ4n) is 1.22. The van der Waals surface area contributed by atoms with Crippen molar-refractivity contribution in [2.45, 2.75) is 13.1 Å². The van der Waals surface area contributed by atoms with E-state index in [2.05, 4.69) is 9.84 Å². The Kier molecular flexibility index (Phi) is 5.24. The normalized spacial score (nSPS) is 11.4. The van der Waals surface area contributed by atoms with E-state index in [0.29, 0.717) is 6.07 Å². The first kappa shape index (κ1) is 15.7. The predicted molar refractivity (Wildman–Crippen MR) is 64.0 cm³/mol. The van der Waals surface area contributed by atoms with Crippen molar-refractivity contribution in [1.29, 1.82) is 0 Å². The summed E-state index contributed by atoms with van der Waals surface area (Å²) in [7, 11) is 0. The molecule has 0 heterocycles. The molecule has 0 aliphatic heterocycles. The molecule has 0 aliphatic rings. The van der Waals surface area contributed by atoms with E-state index < -0.39 is 23.6 Å². The van der Waals surface area contributed by atoms with Crippen molar-refractivity contribution in [3.63, 3.8) is 0 Å². The second kappa shape index (κ2) is 6.69. The number of amides is 1. The summed E-state index contributed by atoms with van der Waals surface area (Å²) in [6, 6.07) is 3.84. The van der Waals surface area contributed by atoms with Crippen molar-refractivity contribution in [3.05, 3.63) is 35.4 Å². The highest BCUT2D eigenvalue weighted by molar-refractivity contribution is 6.23. The number of hydrogen-bond donors (Lipinski definition) is 1. The van der Waals surface area contributed by atoms with Gasteiger partial charge in [-0.1, -0.05) is 6.07 Å². The zero-order valence-electron chi connectivity index (χ0n) is 10.4. The lowest BCUT2D eigenvalue weighted by molar-refractivity contribution is -0.137. The molecular formula is C12H11F3N2O3. The highest BCUT2D eigenvalue weighted by atomic mass is 19.4. The Balaban J connectivity index is 2.71. The first-order chi connectivity index (χ1) is 9.34. The van der Waals surface area contributed by atoms with Crippen LogP contribution in [0.5, 0.6) is 0 Å². The summed E-state index contributed by atoms with van der Waals surface area (Å²) in [6.45, 7) is 1.74. The Bertz CT molecular complexity index is 527. The van der Waals surface area contributed by atoms with E-state index in [9.17, 15) is 22.8 Å². The molecule has 5 nitrogen and oxygen atoms in total. The number of nitrogens with zero attached hydrogens (tertiary/aromatic N) is 1. The van der Waals surface area contributed by atoms with E-state index in [4.69, 9.17) is 0 Å². The summed E-state index contributed by atoms with van der Waals surface area (Å²) in [5.41, 5.74) is 0.763. The van der Waals surface area contributed by atoms with Crippen LogP contribution in [0.4, 0.5) is 13.2 Å². The number of benzene rings is 1. The highest BCUT2D eigenvalue weighted by Gasteiger charge is 2.30. The molecule has 0 saturated heterocycles. The number of hydrazone groups is 1. The number of carbonyl (C=O) groups is 2. The summed E-state index contributed by atoms with van der Waals surface area (Å²) in [5.74, 6) is -1.63. The van der Waals surface area contributed by atoms with Crippen molar-refractivity contribution in [2.75, 3.05) is 6.61 Å². The number of halogens is 3. The van der Waals surface area contributed by atoms with Gasteiger partial charge in [0.15, 0.2) is 0 Å². The van der Waals surface area contributed by atoms with Gasteiger partial charge in [-0.2, -0.15) is 18.3 Å². The van der Waals surface area contributed by atoms with Gasteiger partial charge in [-0.05, 0) is 25.1 Å². The molecule has 1 rings (SSSR count). The minimum Gasteiger partial charge on any atom is -0.462 e. The maximum absolute atomic E-state index is 12.5. The topological polar surface area (TPSA) is 67.8 Å². The monoisotopic (exact) mass is 288 g/mol. The molecule has 0 spiro atoms. The maximum atomic E-state index is 12.5. The molecule has 0 saturated carbocycles. The Morgan fingerprint density at radius 3 is 2.70 bits per heavy atom. The lowest BCUT2D eigenvalue weighted by Gasteiger charge is -2.07. The minimum atomic E-state index is -4.54. The summed E-state index contributed by atoms with van der Waals surface area (Å²) < 4.78 is 41.9. The fraction of sp³-hybridized carbons (Fsp3) is 0.250. The molecule has 0 fully saturated rings. The number of hydrogen-bond acceptors (Lipinski definition) is 4. The van der Waals surface area contributed by atoms with Gasteiger partial charge in [-0.25, -0.2) is 10.2 Å². The molecule has 1 aromatic rings. The molecule has 1 N–H and O–H groups in total. The number of ether oxygens (including phenoxy) is 1. The van der Waals surface area contributed by atoms with Crippen LogP contribution in [0.1, 0.15) is 22.8 Å². The van der Waals surface area contributed by atoms with Crippen molar-refractivity contribution >= 4 is 18.1 Å². The van der Waals surface area contributed by atoms with E-state index in [1.165, 1.54) is 6.07 Å². The standard InChI is InChI=1S/C12H11F3N2O3/c1-2-20-10(18)7-16-17-11(19)8-4-3-5-9(6-8)12(13,14)15/h3-7H,2H2,1H3,(H,17,19)/b16-7+. The van der Waals surface area contributed by atoms with E-state index in [-0.39, 0.29) is 12.2 Å². The highest BCUT2D eigenvalue weighted by Crippen LogP contribution is 2.29. The molecule has 20 heavy (non-hydrogen) atoms. The number of carbonyl (C=O) groups excluding carboxylic acids is 2. The zero-order valence-corrected chi connectivity index (χ0v) is 10.4. The molecular weight excluding hydrogens is 277 g/mol. The maximum Gasteiger partial charge on any atom is 0.416 e. The lowest BCUT2D eigenvalue weighted by Crippen LogP contribution is -2.20. The third kappa shape index (κ3) is 4.71. The van der Waals surface area contributed by atoms with E-state index in [1.54, 1.807) is 6.92 Å². The van der Waals surface area contributed by atoms with Crippen molar-refractivity contribution < 1.29 is 27.5 Å². The van der Waals surface area contributed by atoms with Gasteiger partial charge in [0.2, 0.25) is 0 Å². The number of esters is 1. The molecule has 0 aliphatic carbocycles. The molecule has 8 heteroatoms. The van der Waals surface area contributed by atoms with Gasteiger partial charge in [0.25, 0.3) is 5.91 Å². The van der Waals surface area contributed by atoms with Crippen LogP contribution in [0.3, 0.4) is 0 Å². The van der Waals surface area contributed by atoms with Crippen LogP contribution < -0.4 is 5.43 Å².